The molecule has 0 amide bonds. The predicted octanol–water partition coefficient (Wildman–Crippen LogP) is 6.21. The Bertz CT molecular complexity index is 1470. The molecule has 0 radical (unpaired) electrons. The second-order valence-electron chi connectivity index (χ2n) is 8.99. The molecule has 0 aromatic heterocycles. The van der Waals surface area contributed by atoms with Crippen molar-refractivity contribution in [2.75, 3.05) is 0 Å². The maximum atomic E-state index is 12.2. The van der Waals surface area contributed by atoms with E-state index in [4.69, 9.17) is 0 Å². The standard InChI is InChI=1S/C33H24O4/c1-33(2,29-21-25(17-19-27(29)31(34)35)15-13-23-9-5-3-6-10-23)30-22-26(18-20-28(30)32(36)37)16-14-24-11-7-4-8-12-24/h3-12,17-22H,1-2H3,(H,34,35)(H,36,37). The number of benzene rings is 4. The van der Waals surface area contributed by atoms with Gasteiger partial charge in [-0.25, -0.2) is 9.59 Å². The van der Waals surface area contributed by atoms with Gasteiger partial charge in [-0.1, -0.05) is 73.9 Å². The Morgan fingerprint density at radius 3 is 1.24 bits per heavy atom. The molecule has 180 valence electrons. The number of carbonyl (C=O) groups is 2. The summed E-state index contributed by atoms with van der Waals surface area (Å²) < 4.78 is 0. The average Bonchev–Trinajstić information content (AvgIpc) is 2.91. The van der Waals surface area contributed by atoms with Crippen LogP contribution in [0.5, 0.6) is 0 Å². The van der Waals surface area contributed by atoms with Gasteiger partial charge in [-0.15, -0.1) is 0 Å². The summed E-state index contributed by atoms with van der Waals surface area (Å²) in [5.41, 5.74) is 3.08. The van der Waals surface area contributed by atoms with Crippen molar-refractivity contribution in [3.8, 4) is 23.7 Å². The fourth-order valence-electron chi connectivity index (χ4n) is 4.13. The number of carboxylic acid groups (broad SMARTS) is 2. The molecule has 0 saturated carbocycles. The molecule has 0 fully saturated rings. The highest BCUT2D eigenvalue weighted by molar-refractivity contribution is 5.93. The van der Waals surface area contributed by atoms with Crippen LogP contribution in [0.25, 0.3) is 0 Å². The molecule has 4 heteroatoms. The lowest BCUT2D eigenvalue weighted by Crippen LogP contribution is -2.25. The van der Waals surface area contributed by atoms with Gasteiger partial charge in [-0.3, -0.25) is 0 Å². The van der Waals surface area contributed by atoms with Crippen molar-refractivity contribution in [2.24, 2.45) is 0 Å². The predicted molar refractivity (Wildman–Crippen MR) is 144 cm³/mol. The minimum Gasteiger partial charge on any atom is -0.478 e. The van der Waals surface area contributed by atoms with Crippen LogP contribution in [-0.4, -0.2) is 22.2 Å². The smallest absolute Gasteiger partial charge is 0.335 e. The summed E-state index contributed by atoms with van der Waals surface area (Å²) in [4.78, 5) is 24.3. The summed E-state index contributed by atoms with van der Waals surface area (Å²) in [5, 5.41) is 19.9. The van der Waals surface area contributed by atoms with E-state index in [1.807, 2.05) is 74.5 Å². The van der Waals surface area contributed by atoms with Crippen molar-refractivity contribution in [3.05, 3.63) is 142 Å². The van der Waals surface area contributed by atoms with Crippen molar-refractivity contribution < 1.29 is 19.8 Å². The summed E-state index contributed by atoms with van der Waals surface area (Å²) >= 11 is 0. The minimum atomic E-state index is -1.09. The highest BCUT2D eigenvalue weighted by Gasteiger charge is 2.32. The van der Waals surface area contributed by atoms with Crippen LogP contribution in [0.1, 0.15) is 67.9 Å². The Balaban J connectivity index is 1.84. The fourth-order valence-corrected chi connectivity index (χ4v) is 4.13. The lowest BCUT2D eigenvalue weighted by Gasteiger charge is -2.29. The zero-order valence-corrected chi connectivity index (χ0v) is 20.4. The lowest BCUT2D eigenvalue weighted by atomic mass is 9.73. The molecule has 0 saturated heterocycles. The number of aromatic carboxylic acids is 2. The molecular weight excluding hydrogens is 460 g/mol. The van der Waals surface area contributed by atoms with Crippen LogP contribution >= 0.6 is 0 Å². The van der Waals surface area contributed by atoms with Gasteiger partial charge in [-0.05, 0) is 71.8 Å². The molecule has 0 unspecified atom stereocenters. The average molecular weight is 485 g/mol. The van der Waals surface area contributed by atoms with Crippen LogP contribution < -0.4 is 0 Å². The summed E-state index contributed by atoms with van der Waals surface area (Å²) in [7, 11) is 0. The van der Waals surface area contributed by atoms with Crippen LogP contribution in [0.2, 0.25) is 0 Å². The molecule has 2 N–H and O–H groups in total. The van der Waals surface area contributed by atoms with Gasteiger partial charge in [0.2, 0.25) is 0 Å². The van der Waals surface area contributed by atoms with Crippen molar-refractivity contribution in [1.82, 2.24) is 0 Å². The van der Waals surface area contributed by atoms with Gasteiger partial charge in [0.15, 0.2) is 0 Å². The SMILES string of the molecule is CC(C)(c1cc(C#Cc2ccccc2)ccc1C(=O)O)c1cc(C#Cc2ccccc2)ccc1C(=O)O. The molecule has 4 aromatic rings. The number of rotatable bonds is 4. The lowest BCUT2D eigenvalue weighted by molar-refractivity contribution is 0.0686. The molecule has 4 nitrogen and oxygen atoms in total. The van der Waals surface area contributed by atoms with E-state index in [0.29, 0.717) is 22.3 Å². The van der Waals surface area contributed by atoms with E-state index in [9.17, 15) is 19.8 Å². The van der Waals surface area contributed by atoms with E-state index in [1.54, 1.807) is 24.3 Å². The number of hydrogen-bond donors (Lipinski definition) is 2. The molecule has 37 heavy (non-hydrogen) atoms. The van der Waals surface area contributed by atoms with Crippen LogP contribution in [0, 0.1) is 23.7 Å². The first-order valence-electron chi connectivity index (χ1n) is 11.7. The Kier molecular flexibility index (Phi) is 7.23. The fraction of sp³-hybridized carbons (Fsp3) is 0.0909. The second kappa shape index (κ2) is 10.7. The number of carboxylic acids is 2. The van der Waals surface area contributed by atoms with Crippen LogP contribution in [0.4, 0.5) is 0 Å². The molecule has 0 spiro atoms. The van der Waals surface area contributed by atoms with Crippen LogP contribution in [-0.2, 0) is 5.41 Å². The molecule has 0 bridgehead atoms. The molecule has 0 aliphatic carbocycles. The van der Waals surface area contributed by atoms with Gasteiger partial charge in [0.25, 0.3) is 0 Å². The van der Waals surface area contributed by atoms with Gasteiger partial charge >= 0.3 is 11.9 Å². The number of hydrogen-bond acceptors (Lipinski definition) is 2. The maximum Gasteiger partial charge on any atom is 0.335 e. The summed E-state index contributed by atoms with van der Waals surface area (Å²) in [6, 6.07) is 28.8. The highest BCUT2D eigenvalue weighted by Crippen LogP contribution is 2.37. The zero-order chi connectivity index (χ0) is 26.4. The molecular formula is C33H24O4. The molecule has 4 rings (SSSR count). The third-order valence-electron chi connectivity index (χ3n) is 6.10. The molecule has 0 atom stereocenters. The third-order valence-corrected chi connectivity index (χ3v) is 6.10. The van der Waals surface area contributed by atoms with E-state index in [0.717, 1.165) is 11.1 Å². The first-order chi connectivity index (χ1) is 17.8. The van der Waals surface area contributed by atoms with E-state index in [-0.39, 0.29) is 11.1 Å². The van der Waals surface area contributed by atoms with Gasteiger partial charge in [-0.2, -0.15) is 0 Å². The monoisotopic (exact) mass is 484 g/mol. The molecule has 4 aromatic carbocycles. The summed E-state index contributed by atoms with van der Waals surface area (Å²) in [6.45, 7) is 3.64. The largest absolute Gasteiger partial charge is 0.478 e. The summed E-state index contributed by atoms with van der Waals surface area (Å²) in [6.07, 6.45) is 0. The summed E-state index contributed by atoms with van der Waals surface area (Å²) in [5.74, 6) is 10.2. The van der Waals surface area contributed by atoms with Crippen LogP contribution in [0.3, 0.4) is 0 Å². The van der Waals surface area contributed by atoms with E-state index < -0.39 is 17.4 Å². The van der Waals surface area contributed by atoms with Crippen molar-refractivity contribution in [2.45, 2.75) is 19.3 Å². The molecule has 0 aliphatic rings. The van der Waals surface area contributed by atoms with Crippen molar-refractivity contribution in [1.29, 1.82) is 0 Å². The zero-order valence-electron chi connectivity index (χ0n) is 20.4. The van der Waals surface area contributed by atoms with Gasteiger partial charge < -0.3 is 10.2 Å². The topological polar surface area (TPSA) is 74.6 Å². The minimum absolute atomic E-state index is 0.0902. The Hall–Kier alpha value is -5.06. The molecule has 0 aliphatic heterocycles. The van der Waals surface area contributed by atoms with E-state index in [2.05, 4.69) is 23.7 Å². The van der Waals surface area contributed by atoms with Gasteiger partial charge in [0.05, 0.1) is 11.1 Å². The van der Waals surface area contributed by atoms with E-state index >= 15 is 0 Å². The maximum absolute atomic E-state index is 12.2. The Morgan fingerprint density at radius 1 is 0.541 bits per heavy atom. The highest BCUT2D eigenvalue weighted by atomic mass is 16.4. The Morgan fingerprint density at radius 2 is 0.892 bits per heavy atom. The van der Waals surface area contributed by atoms with E-state index in [1.165, 1.54) is 12.1 Å². The van der Waals surface area contributed by atoms with Crippen LogP contribution in [0.15, 0.2) is 97.1 Å². The first kappa shape index (κ1) is 25.0. The van der Waals surface area contributed by atoms with Crippen molar-refractivity contribution in [3.63, 3.8) is 0 Å². The van der Waals surface area contributed by atoms with Gasteiger partial charge in [0, 0.05) is 27.7 Å². The Labute approximate surface area is 216 Å². The first-order valence-corrected chi connectivity index (χ1v) is 11.7. The second-order valence-corrected chi connectivity index (χ2v) is 8.99. The quantitative estimate of drug-likeness (QED) is 0.338. The normalized spacial score (nSPS) is 10.4. The molecule has 0 heterocycles. The van der Waals surface area contributed by atoms with Gasteiger partial charge in [0.1, 0.15) is 0 Å². The third kappa shape index (κ3) is 5.78. The van der Waals surface area contributed by atoms with Crippen molar-refractivity contribution >= 4 is 11.9 Å².